The van der Waals surface area contributed by atoms with Crippen LogP contribution < -0.4 is 4.74 Å². The number of ether oxygens (including phenoxy) is 1. The zero-order valence-corrected chi connectivity index (χ0v) is 9.47. The van der Waals surface area contributed by atoms with Gasteiger partial charge in [-0.05, 0) is 12.1 Å². The van der Waals surface area contributed by atoms with Crippen LogP contribution in [0.5, 0.6) is 5.75 Å². The smallest absolute Gasteiger partial charge is 0.219 e. The second-order valence-corrected chi connectivity index (χ2v) is 3.44. The SMILES string of the molecule is CC(=O)N(C)CCOc1ccccc1C=O. The fraction of sp³-hybridized carbons (Fsp3) is 0.333. The lowest BCUT2D eigenvalue weighted by Crippen LogP contribution is -2.28. The number of amides is 1. The second-order valence-electron chi connectivity index (χ2n) is 3.44. The summed E-state index contributed by atoms with van der Waals surface area (Å²) in [7, 11) is 1.71. The Balaban J connectivity index is 2.48. The summed E-state index contributed by atoms with van der Waals surface area (Å²) in [6.07, 6.45) is 0.754. The molecule has 0 unspecified atom stereocenters. The van der Waals surface area contributed by atoms with Crippen LogP contribution in [0.3, 0.4) is 0 Å². The normalized spacial score (nSPS) is 9.62. The van der Waals surface area contributed by atoms with Crippen molar-refractivity contribution in [2.24, 2.45) is 0 Å². The topological polar surface area (TPSA) is 46.6 Å². The van der Waals surface area contributed by atoms with Crippen molar-refractivity contribution in [2.75, 3.05) is 20.2 Å². The minimum absolute atomic E-state index is 0.00716. The van der Waals surface area contributed by atoms with E-state index in [1.807, 2.05) is 0 Å². The van der Waals surface area contributed by atoms with Gasteiger partial charge < -0.3 is 9.64 Å². The van der Waals surface area contributed by atoms with Gasteiger partial charge in [-0.25, -0.2) is 0 Å². The number of rotatable bonds is 5. The van der Waals surface area contributed by atoms with Gasteiger partial charge in [-0.1, -0.05) is 12.1 Å². The highest BCUT2D eigenvalue weighted by molar-refractivity contribution is 5.79. The molecule has 0 aliphatic heterocycles. The molecule has 1 rings (SSSR count). The molecular weight excluding hydrogens is 206 g/mol. The molecule has 1 aromatic carbocycles. The quantitative estimate of drug-likeness (QED) is 0.705. The maximum Gasteiger partial charge on any atom is 0.219 e. The number of likely N-dealkylation sites (N-methyl/N-ethyl adjacent to an activating group) is 1. The Morgan fingerprint density at radius 3 is 2.75 bits per heavy atom. The van der Waals surface area contributed by atoms with Crippen molar-refractivity contribution in [3.63, 3.8) is 0 Å². The fourth-order valence-corrected chi connectivity index (χ4v) is 1.16. The molecule has 0 aliphatic carbocycles. The van der Waals surface area contributed by atoms with E-state index in [1.165, 1.54) is 6.92 Å². The van der Waals surface area contributed by atoms with Crippen LogP contribution in [0.2, 0.25) is 0 Å². The highest BCUT2D eigenvalue weighted by Crippen LogP contribution is 2.15. The molecule has 0 saturated carbocycles. The lowest BCUT2D eigenvalue weighted by atomic mass is 10.2. The number of carbonyl (C=O) groups is 2. The molecular formula is C12H15NO3. The maximum atomic E-state index is 10.9. The summed E-state index contributed by atoms with van der Waals surface area (Å²) in [5, 5.41) is 0. The summed E-state index contributed by atoms with van der Waals surface area (Å²) in [6.45, 7) is 2.38. The Morgan fingerprint density at radius 1 is 1.44 bits per heavy atom. The van der Waals surface area contributed by atoms with E-state index < -0.39 is 0 Å². The molecule has 86 valence electrons. The van der Waals surface area contributed by atoms with Gasteiger partial charge in [0.15, 0.2) is 6.29 Å². The standard InChI is InChI=1S/C12H15NO3/c1-10(15)13(2)7-8-16-12-6-4-3-5-11(12)9-14/h3-6,9H,7-8H2,1-2H3. The lowest BCUT2D eigenvalue weighted by Gasteiger charge is -2.15. The van der Waals surface area contributed by atoms with Crippen molar-refractivity contribution in [1.82, 2.24) is 4.90 Å². The highest BCUT2D eigenvalue weighted by atomic mass is 16.5. The second kappa shape index (κ2) is 5.90. The maximum absolute atomic E-state index is 10.9. The van der Waals surface area contributed by atoms with E-state index in [0.29, 0.717) is 24.5 Å². The van der Waals surface area contributed by atoms with Crippen LogP contribution in [0.25, 0.3) is 0 Å². The van der Waals surface area contributed by atoms with Gasteiger partial charge in [0.25, 0.3) is 0 Å². The predicted molar refractivity (Wildman–Crippen MR) is 60.6 cm³/mol. The van der Waals surface area contributed by atoms with Gasteiger partial charge >= 0.3 is 0 Å². The molecule has 0 spiro atoms. The molecule has 0 atom stereocenters. The Labute approximate surface area is 94.8 Å². The number of hydrogen-bond acceptors (Lipinski definition) is 3. The first kappa shape index (κ1) is 12.2. The van der Waals surface area contributed by atoms with Crippen molar-refractivity contribution in [3.05, 3.63) is 29.8 Å². The summed E-state index contributed by atoms with van der Waals surface area (Å²) in [5.41, 5.74) is 0.521. The summed E-state index contributed by atoms with van der Waals surface area (Å²) in [6, 6.07) is 7.00. The Kier molecular flexibility index (Phi) is 4.51. The van der Waals surface area contributed by atoms with Crippen LogP contribution in [0.4, 0.5) is 0 Å². The van der Waals surface area contributed by atoms with E-state index >= 15 is 0 Å². The number of benzene rings is 1. The molecule has 0 aliphatic rings. The molecule has 4 heteroatoms. The van der Waals surface area contributed by atoms with E-state index in [0.717, 1.165) is 6.29 Å². The van der Waals surface area contributed by atoms with E-state index in [4.69, 9.17) is 4.74 Å². The van der Waals surface area contributed by atoms with Crippen molar-refractivity contribution in [2.45, 2.75) is 6.92 Å². The summed E-state index contributed by atoms with van der Waals surface area (Å²) in [4.78, 5) is 23.2. The third-order valence-electron chi connectivity index (χ3n) is 2.27. The zero-order valence-electron chi connectivity index (χ0n) is 9.47. The van der Waals surface area contributed by atoms with Gasteiger partial charge in [0.1, 0.15) is 12.4 Å². The summed E-state index contributed by atoms with van der Waals surface area (Å²) < 4.78 is 5.42. The molecule has 0 radical (unpaired) electrons. The molecule has 0 fully saturated rings. The Morgan fingerprint density at radius 2 is 2.12 bits per heavy atom. The van der Waals surface area contributed by atoms with E-state index in [2.05, 4.69) is 0 Å². The first-order chi connectivity index (χ1) is 7.65. The Bertz CT molecular complexity index is 376. The van der Waals surface area contributed by atoms with Crippen LogP contribution in [-0.2, 0) is 4.79 Å². The summed E-state index contributed by atoms with van der Waals surface area (Å²) >= 11 is 0. The highest BCUT2D eigenvalue weighted by Gasteiger charge is 2.04. The van der Waals surface area contributed by atoms with E-state index in [9.17, 15) is 9.59 Å². The minimum Gasteiger partial charge on any atom is -0.491 e. The zero-order chi connectivity index (χ0) is 12.0. The van der Waals surface area contributed by atoms with Gasteiger partial charge in [-0.3, -0.25) is 9.59 Å². The average molecular weight is 221 g/mol. The van der Waals surface area contributed by atoms with Gasteiger partial charge in [0, 0.05) is 14.0 Å². The van der Waals surface area contributed by atoms with Gasteiger partial charge in [-0.15, -0.1) is 0 Å². The van der Waals surface area contributed by atoms with Crippen LogP contribution in [-0.4, -0.2) is 37.3 Å². The number of nitrogens with zero attached hydrogens (tertiary/aromatic N) is 1. The number of para-hydroxylation sites is 1. The van der Waals surface area contributed by atoms with E-state index in [1.54, 1.807) is 36.2 Å². The van der Waals surface area contributed by atoms with Crippen molar-refractivity contribution < 1.29 is 14.3 Å². The lowest BCUT2D eigenvalue weighted by molar-refractivity contribution is -0.127. The molecule has 4 nitrogen and oxygen atoms in total. The largest absolute Gasteiger partial charge is 0.491 e. The first-order valence-electron chi connectivity index (χ1n) is 5.04. The third kappa shape index (κ3) is 3.38. The first-order valence-corrected chi connectivity index (χ1v) is 5.04. The van der Waals surface area contributed by atoms with Crippen LogP contribution in [0.1, 0.15) is 17.3 Å². The number of aldehydes is 1. The molecule has 0 saturated heterocycles. The molecule has 1 aromatic rings. The molecule has 0 bridgehead atoms. The van der Waals surface area contributed by atoms with Crippen LogP contribution in [0, 0.1) is 0 Å². The fourth-order valence-electron chi connectivity index (χ4n) is 1.16. The molecule has 16 heavy (non-hydrogen) atoms. The average Bonchev–Trinajstić information content (AvgIpc) is 2.29. The van der Waals surface area contributed by atoms with Crippen LogP contribution in [0.15, 0.2) is 24.3 Å². The molecule has 0 aromatic heterocycles. The van der Waals surface area contributed by atoms with Gasteiger partial charge in [0.05, 0.1) is 12.1 Å². The van der Waals surface area contributed by atoms with Gasteiger partial charge in [-0.2, -0.15) is 0 Å². The molecule has 0 N–H and O–H groups in total. The number of hydrogen-bond donors (Lipinski definition) is 0. The van der Waals surface area contributed by atoms with E-state index in [-0.39, 0.29) is 5.91 Å². The predicted octanol–water partition coefficient (Wildman–Crippen LogP) is 1.36. The minimum atomic E-state index is -0.00716. The Hall–Kier alpha value is -1.84. The van der Waals surface area contributed by atoms with Crippen molar-refractivity contribution >= 4 is 12.2 Å². The third-order valence-corrected chi connectivity index (χ3v) is 2.27. The van der Waals surface area contributed by atoms with Gasteiger partial charge in [0.2, 0.25) is 5.91 Å². The molecule has 0 heterocycles. The van der Waals surface area contributed by atoms with Crippen molar-refractivity contribution in [3.8, 4) is 5.75 Å². The molecule has 1 amide bonds. The van der Waals surface area contributed by atoms with Crippen molar-refractivity contribution in [1.29, 1.82) is 0 Å². The van der Waals surface area contributed by atoms with Crippen LogP contribution >= 0.6 is 0 Å². The summed E-state index contributed by atoms with van der Waals surface area (Å²) in [5.74, 6) is 0.543. The monoisotopic (exact) mass is 221 g/mol. The number of carbonyl (C=O) groups excluding carboxylic acids is 2.